The Morgan fingerprint density at radius 2 is 1.28 bits per heavy atom. The minimum atomic E-state index is -1.22. The summed E-state index contributed by atoms with van der Waals surface area (Å²) in [6, 6.07) is 6.58. The summed E-state index contributed by atoms with van der Waals surface area (Å²) >= 11 is 12.4. The fourth-order valence-electron chi connectivity index (χ4n) is 6.13. The Labute approximate surface area is 315 Å². The van der Waals surface area contributed by atoms with Crippen LogP contribution in [0.1, 0.15) is 51.3 Å². The molecular weight excluding hydrogens is 723 g/mol. The number of fused-ring (bicyclic) bond motifs is 2. The van der Waals surface area contributed by atoms with Gasteiger partial charge >= 0.3 is 0 Å². The average molecular weight is 763 g/mol. The molecule has 0 unspecified atom stereocenters. The summed E-state index contributed by atoms with van der Waals surface area (Å²) in [4.78, 5) is 2.21. The van der Waals surface area contributed by atoms with Crippen molar-refractivity contribution in [2.75, 3.05) is 26.7 Å². The van der Waals surface area contributed by atoms with Crippen LogP contribution in [-0.2, 0) is 6.54 Å². The van der Waals surface area contributed by atoms with Crippen molar-refractivity contribution in [3.05, 3.63) is 82.1 Å². The van der Waals surface area contributed by atoms with Crippen LogP contribution >= 0.6 is 23.2 Å². The number of H-pyrrole nitrogens is 2. The first-order valence-corrected chi connectivity index (χ1v) is 17.6. The first-order chi connectivity index (χ1) is 25.0. The van der Waals surface area contributed by atoms with Gasteiger partial charge in [0.25, 0.3) is 0 Å². The molecule has 4 aromatic heterocycles. The number of aliphatic hydroxyl groups is 3. The number of nitrogens with zero attached hydrogens (tertiary/aromatic N) is 5. The summed E-state index contributed by atoms with van der Waals surface area (Å²) in [5.74, 6) is 9.89. The van der Waals surface area contributed by atoms with Crippen LogP contribution in [0.15, 0.2) is 49.1 Å². The Hall–Kier alpha value is -4.66. The van der Waals surface area contributed by atoms with Crippen LogP contribution < -0.4 is 0 Å². The minimum Gasteiger partial charge on any atom is -0.396 e. The predicted octanol–water partition coefficient (Wildman–Crippen LogP) is 6.76. The van der Waals surface area contributed by atoms with E-state index in [0.29, 0.717) is 34.4 Å². The lowest BCUT2D eigenvalue weighted by Crippen LogP contribution is -2.44. The molecule has 2 aromatic carbocycles. The first kappa shape index (κ1) is 38.1. The molecule has 1 fully saturated rings. The molecule has 0 saturated carbocycles. The van der Waals surface area contributed by atoms with E-state index < -0.39 is 22.8 Å². The van der Waals surface area contributed by atoms with Gasteiger partial charge in [-0.05, 0) is 65.4 Å². The number of likely N-dealkylation sites (tertiary alicyclic amines) is 1. The van der Waals surface area contributed by atoms with Gasteiger partial charge in [-0.15, -0.1) is 0 Å². The van der Waals surface area contributed by atoms with E-state index in [4.69, 9.17) is 28.3 Å². The molecule has 7 rings (SSSR count). The number of halogens is 4. The van der Waals surface area contributed by atoms with Crippen LogP contribution in [0, 0.1) is 35.3 Å². The Kier molecular flexibility index (Phi) is 10.8. The van der Waals surface area contributed by atoms with Gasteiger partial charge < -0.3 is 29.4 Å². The van der Waals surface area contributed by atoms with Crippen molar-refractivity contribution in [2.45, 2.75) is 57.9 Å². The molecule has 53 heavy (non-hydrogen) atoms. The largest absolute Gasteiger partial charge is 0.396 e. The third-order valence-electron chi connectivity index (χ3n) is 8.66. The summed E-state index contributed by atoms with van der Waals surface area (Å²) in [5.41, 5.74) is 2.64. The van der Waals surface area contributed by atoms with E-state index in [0.717, 1.165) is 46.1 Å². The normalized spacial score (nSPS) is 13.7. The first-order valence-electron chi connectivity index (χ1n) is 16.9. The maximum atomic E-state index is 14.7. The van der Waals surface area contributed by atoms with Crippen LogP contribution in [0.3, 0.4) is 0 Å². The fourth-order valence-corrected chi connectivity index (χ4v) is 6.53. The van der Waals surface area contributed by atoms with Crippen molar-refractivity contribution in [1.82, 2.24) is 34.4 Å². The second-order valence-corrected chi connectivity index (χ2v) is 14.9. The number of aromatic nitrogens is 6. The molecular formula is C39H39Cl2F2N7O3. The molecule has 0 radical (unpaired) electrons. The molecule has 1 aliphatic heterocycles. The maximum Gasteiger partial charge on any atom is 0.140 e. The van der Waals surface area contributed by atoms with Gasteiger partial charge in [0.05, 0.1) is 40.6 Å². The summed E-state index contributed by atoms with van der Waals surface area (Å²) < 4.78 is 33.2. The van der Waals surface area contributed by atoms with E-state index in [1.54, 1.807) is 52.2 Å². The number of hydrogen-bond donors (Lipinski definition) is 5. The fraction of sp³-hybridized carbons (Fsp3) is 0.333. The van der Waals surface area contributed by atoms with Gasteiger partial charge in [0, 0.05) is 71.7 Å². The zero-order valence-electron chi connectivity index (χ0n) is 29.8. The molecule has 1 aliphatic rings. The zero-order valence-corrected chi connectivity index (χ0v) is 31.3. The third kappa shape index (κ3) is 8.45. The van der Waals surface area contributed by atoms with Crippen LogP contribution in [0.2, 0.25) is 10.3 Å². The van der Waals surface area contributed by atoms with Crippen molar-refractivity contribution in [3.63, 3.8) is 0 Å². The van der Waals surface area contributed by atoms with E-state index in [1.807, 2.05) is 17.0 Å². The molecule has 14 heteroatoms. The number of rotatable bonds is 6. The molecule has 6 aromatic rings. The lowest BCUT2D eigenvalue weighted by Gasteiger charge is -2.37. The van der Waals surface area contributed by atoms with Crippen molar-refractivity contribution in [2.24, 2.45) is 0 Å². The van der Waals surface area contributed by atoms with E-state index >= 15 is 0 Å². The van der Waals surface area contributed by atoms with Crippen molar-refractivity contribution < 1.29 is 24.1 Å². The molecule has 0 spiro atoms. The molecule has 5 N–H and O–H groups in total. The highest BCUT2D eigenvalue weighted by atomic mass is 35.5. The molecule has 0 atom stereocenters. The van der Waals surface area contributed by atoms with Gasteiger partial charge in [-0.25, -0.2) is 8.78 Å². The van der Waals surface area contributed by atoms with E-state index in [2.05, 4.69) is 60.6 Å². The summed E-state index contributed by atoms with van der Waals surface area (Å²) in [7, 11) is 2.06. The molecule has 5 heterocycles. The number of aryl methyl sites for hydroxylation is 1. The van der Waals surface area contributed by atoms with E-state index in [1.165, 1.54) is 12.1 Å². The van der Waals surface area contributed by atoms with Crippen molar-refractivity contribution >= 4 is 45.0 Å². The highest BCUT2D eigenvalue weighted by molar-refractivity contribution is 6.33. The topological polar surface area (TPSA) is 131 Å². The number of aromatic amines is 2. The Morgan fingerprint density at radius 1 is 0.792 bits per heavy atom. The lowest BCUT2D eigenvalue weighted by atomic mass is 10.0. The van der Waals surface area contributed by atoms with Gasteiger partial charge in [0.2, 0.25) is 0 Å². The second-order valence-electron chi connectivity index (χ2n) is 14.2. The number of hydrogen-bond acceptors (Lipinski definition) is 6. The molecule has 0 aliphatic carbocycles. The van der Waals surface area contributed by atoms with Gasteiger partial charge in [-0.1, -0.05) is 46.9 Å². The second kappa shape index (κ2) is 15.0. The smallest absolute Gasteiger partial charge is 0.140 e. The molecule has 1 saturated heterocycles. The van der Waals surface area contributed by atoms with Crippen LogP contribution in [-0.4, -0.2) is 87.7 Å². The minimum absolute atomic E-state index is 0.0408. The van der Waals surface area contributed by atoms with E-state index in [-0.39, 0.29) is 23.8 Å². The molecule has 276 valence electrons. The predicted molar refractivity (Wildman–Crippen MR) is 204 cm³/mol. The summed E-state index contributed by atoms with van der Waals surface area (Å²) in [6.07, 6.45) is 7.69. The zero-order chi connectivity index (χ0) is 38.2. The van der Waals surface area contributed by atoms with Crippen LogP contribution in [0.25, 0.3) is 44.1 Å². The van der Waals surface area contributed by atoms with Crippen molar-refractivity contribution in [3.8, 4) is 45.9 Å². The quantitative estimate of drug-likeness (QED) is 0.119. The number of benzene rings is 2. The van der Waals surface area contributed by atoms with Crippen molar-refractivity contribution in [1.29, 1.82) is 0 Å². The maximum absolute atomic E-state index is 14.7. The van der Waals surface area contributed by atoms with Gasteiger partial charge in [0.1, 0.15) is 33.1 Å². The third-order valence-corrected chi connectivity index (χ3v) is 9.24. The monoisotopic (exact) mass is 761 g/mol. The Balaban J connectivity index is 0.000000182. The number of likely N-dealkylation sites (N-methyl/N-ethyl adjacent to an activating group) is 1. The van der Waals surface area contributed by atoms with E-state index in [9.17, 15) is 19.0 Å². The molecule has 0 amide bonds. The summed E-state index contributed by atoms with van der Waals surface area (Å²) in [5, 5.41) is 44.5. The highest BCUT2D eigenvalue weighted by Gasteiger charge is 2.28. The average Bonchev–Trinajstić information content (AvgIpc) is 3.85. The van der Waals surface area contributed by atoms with Gasteiger partial charge in [-0.3, -0.25) is 10.2 Å². The van der Waals surface area contributed by atoms with Crippen LogP contribution in [0.4, 0.5) is 8.78 Å². The highest BCUT2D eigenvalue weighted by Crippen LogP contribution is 2.38. The standard InChI is InChI=1S/C20H20ClFN4O.C19H19ClFN3O2/c1-20(2,27)5-4-12-6-14-16(15-8-23-24-19(15)21)11-26(13-9-25(3)10-13)18(14)7-17(12)22;1-19(2,26)5-4-12-8-13-15(14-10-22-23-18(14)20)11-24(6-3-7-25)17(13)9-16(12)21/h6-8,11,13,27H,9-10H2,1-3H3,(H,23,24);8-11,25-26H,3,6-7H2,1-2H3,(H,22,23). The van der Waals surface area contributed by atoms with Gasteiger partial charge in [-0.2, -0.15) is 10.2 Å². The lowest BCUT2D eigenvalue weighted by molar-refractivity contribution is 0.143. The summed E-state index contributed by atoms with van der Waals surface area (Å²) in [6.45, 7) is 8.61. The molecule has 10 nitrogen and oxygen atoms in total. The Morgan fingerprint density at radius 3 is 1.74 bits per heavy atom. The number of aliphatic hydroxyl groups excluding tert-OH is 1. The Bertz CT molecular complexity index is 2420. The van der Waals surface area contributed by atoms with Crippen LogP contribution in [0.5, 0.6) is 0 Å². The van der Waals surface area contributed by atoms with Gasteiger partial charge in [0.15, 0.2) is 0 Å². The SMILES string of the molecule is CC(C)(O)C#Cc1cc2c(-c3cn[nH]c3Cl)cn(CCCO)c2cc1F.CN1CC(n2cc(-c3cn[nH]c3Cl)c3cc(C#CC(C)(C)O)c(F)cc32)C1. The molecule has 0 bridgehead atoms. The number of nitrogens with one attached hydrogen (secondary N) is 2.